The van der Waals surface area contributed by atoms with Crippen molar-refractivity contribution in [3.05, 3.63) is 30.5 Å². The first-order valence-corrected chi connectivity index (χ1v) is 7.59. The molecule has 4 rings (SSSR count). The van der Waals surface area contributed by atoms with Gasteiger partial charge in [0.15, 0.2) is 5.65 Å². The predicted molar refractivity (Wildman–Crippen MR) is 83.7 cm³/mol. The Balaban J connectivity index is 1.68. The SMILES string of the molecule is Cn1nccc1[C@H]1CCCN(c2ncnc3c2cnn3C)C1. The number of fused-ring (bicyclic) bond motifs is 1. The molecular weight excluding hydrogens is 278 g/mol. The highest BCUT2D eigenvalue weighted by molar-refractivity contribution is 5.86. The van der Waals surface area contributed by atoms with Crippen molar-refractivity contribution in [2.45, 2.75) is 18.8 Å². The lowest BCUT2D eigenvalue weighted by molar-refractivity contribution is 0.481. The van der Waals surface area contributed by atoms with Crippen LogP contribution in [0, 0.1) is 0 Å². The first-order chi connectivity index (χ1) is 10.7. The van der Waals surface area contributed by atoms with Crippen LogP contribution in [0.2, 0.25) is 0 Å². The van der Waals surface area contributed by atoms with Crippen molar-refractivity contribution in [2.75, 3.05) is 18.0 Å². The largest absolute Gasteiger partial charge is 0.355 e. The maximum Gasteiger partial charge on any atom is 0.163 e. The number of aryl methyl sites for hydroxylation is 2. The summed E-state index contributed by atoms with van der Waals surface area (Å²) in [6.45, 7) is 1.98. The van der Waals surface area contributed by atoms with E-state index >= 15 is 0 Å². The van der Waals surface area contributed by atoms with Gasteiger partial charge in [-0.05, 0) is 18.9 Å². The zero-order valence-electron chi connectivity index (χ0n) is 12.8. The molecule has 3 aromatic rings. The van der Waals surface area contributed by atoms with Gasteiger partial charge in [0.1, 0.15) is 12.1 Å². The van der Waals surface area contributed by atoms with E-state index in [-0.39, 0.29) is 0 Å². The Bertz CT molecular complexity index is 803. The van der Waals surface area contributed by atoms with Gasteiger partial charge in [0.25, 0.3) is 0 Å². The minimum Gasteiger partial charge on any atom is -0.355 e. The van der Waals surface area contributed by atoms with Crippen molar-refractivity contribution < 1.29 is 0 Å². The van der Waals surface area contributed by atoms with Crippen molar-refractivity contribution >= 4 is 16.9 Å². The molecular formula is C15H19N7. The van der Waals surface area contributed by atoms with Gasteiger partial charge in [0, 0.05) is 45.0 Å². The van der Waals surface area contributed by atoms with Crippen molar-refractivity contribution in [3.63, 3.8) is 0 Å². The Morgan fingerprint density at radius 3 is 2.86 bits per heavy atom. The molecule has 7 nitrogen and oxygen atoms in total. The third-order valence-corrected chi connectivity index (χ3v) is 4.51. The van der Waals surface area contributed by atoms with Gasteiger partial charge >= 0.3 is 0 Å². The summed E-state index contributed by atoms with van der Waals surface area (Å²) in [6, 6.07) is 2.12. The van der Waals surface area contributed by atoms with E-state index in [9.17, 15) is 0 Å². The quantitative estimate of drug-likeness (QED) is 0.717. The van der Waals surface area contributed by atoms with Gasteiger partial charge in [-0.1, -0.05) is 0 Å². The predicted octanol–water partition coefficient (Wildman–Crippen LogP) is 1.48. The lowest BCUT2D eigenvalue weighted by atomic mass is 9.94. The second-order valence-corrected chi connectivity index (χ2v) is 5.87. The summed E-state index contributed by atoms with van der Waals surface area (Å²) in [6.07, 6.45) is 7.71. The van der Waals surface area contributed by atoms with E-state index in [1.165, 1.54) is 12.1 Å². The van der Waals surface area contributed by atoms with Crippen LogP contribution in [0.15, 0.2) is 24.8 Å². The Morgan fingerprint density at radius 1 is 1.14 bits per heavy atom. The molecule has 0 spiro atoms. The van der Waals surface area contributed by atoms with Crippen LogP contribution in [0.5, 0.6) is 0 Å². The monoisotopic (exact) mass is 297 g/mol. The van der Waals surface area contributed by atoms with Crippen LogP contribution in [0.4, 0.5) is 5.82 Å². The van der Waals surface area contributed by atoms with Crippen LogP contribution >= 0.6 is 0 Å². The first kappa shape index (κ1) is 13.2. The smallest absolute Gasteiger partial charge is 0.163 e. The fourth-order valence-corrected chi connectivity index (χ4v) is 3.40. The molecule has 7 heteroatoms. The van der Waals surface area contributed by atoms with Gasteiger partial charge in [-0.15, -0.1) is 0 Å². The average Bonchev–Trinajstić information content (AvgIpc) is 3.14. The van der Waals surface area contributed by atoms with Crippen LogP contribution in [0.3, 0.4) is 0 Å². The fourth-order valence-electron chi connectivity index (χ4n) is 3.40. The number of aromatic nitrogens is 6. The summed E-state index contributed by atoms with van der Waals surface area (Å²) in [5.74, 6) is 1.48. The van der Waals surface area contributed by atoms with Crippen molar-refractivity contribution in [1.29, 1.82) is 0 Å². The van der Waals surface area contributed by atoms with E-state index in [0.717, 1.165) is 36.4 Å². The van der Waals surface area contributed by atoms with Gasteiger partial charge in [-0.3, -0.25) is 9.36 Å². The van der Waals surface area contributed by atoms with Crippen molar-refractivity contribution in [3.8, 4) is 0 Å². The van der Waals surface area contributed by atoms with E-state index in [4.69, 9.17) is 0 Å². The number of hydrogen-bond acceptors (Lipinski definition) is 5. The number of nitrogens with zero attached hydrogens (tertiary/aromatic N) is 7. The fraction of sp³-hybridized carbons (Fsp3) is 0.467. The summed E-state index contributed by atoms with van der Waals surface area (Å²) in [5.41, 5.74) is 2.17. The van der Waals surface area contributed by atoms with Gasteiger partial charge in [-0.25, -0.2) is 9.97 Å². The van der Waals surface area contributed by atoms with Crippen LogP contribution < -0.4 is 4.90 Å². The van der Waals surface area contributed by atoms with E-state index in [1.807, 2.05) is 31.2 Å². The molecule has 1 aliphatic rings. The highest BCUT2D eigenvalue weighted by atomic mass is 15.3. The second-order valence-electron chi connectivity index (χ2n) is 5.87. The van der Waals surface area contributed by atoms with Gasteiger partial charge in [-0.2, -0.15) is 10.2 Å². The lowest BCUT2D eigenvalue weighted by Crippen LogP contribution is -2.35. The molecule has 1 atom stereocenters. The van der Waals surface area contributed by atoms with E-state index in [2.05, 4.69) is 31.1 Å². The van der Waals surface area contributed by atoms with Gasteiger partial charge in [0.2, 0.25) is 0 Å². The maximum absolute atomic E-state index is 4.52. The first-order valence-electron chi connectivity index (χ1n) is 7.59. The molecule has 0 amide bonds. The summed E-state index contributed by atoms with van der Waals surface area (Å²) in [4.78, 5) is 11.2. The minimum atomic E-state index is 0.489. The van der Waals surface area contributed by atoms with Gasteiger partial charge < -0.3 is 4.90 Å². The van der Waals surface area contributed by atoms with Crippen LogP contribution in [-0.4, -0.2) is 42.6 Å². The van der Waals surface area contributed by atoms with E-state index in [1.54, 1.807) is 11.0 Å². The molecule has 0 radical (unpaired) electrons. The molecule has 0 aliphatic carbocycles. The normalized spacial score (nSPS) is 19.0. The molecule has 4 heterocycles. The standard InChI is InChI=1S/C15H19N7/c1-20-13(5-6-18-20)11-4-3-7-22(9-11)15-12-8-19-21(2)14(12)16-10-17-15/h5-6,8,10-11H,3-4,7,9H2,1-2H3/t11-/m0/s1. The average molecular weight is 297 g/mol. The van der Waals surface area contributed by atoms with Crippen molar-refractivity contribution in [1.82, 2.24) is 29.5 Å². The molecule has 3 aromatic heterocycles. The van der Waals surface area contributed by atoms with Crippen LogP contribution in [0.25, 0.3) is 11.0 Å². The zero-order valence-corrected chi connectivity index (χ0v) is 12.8. The highest BCUT2D eigenvalue weighted by Gasteiger charge is 2.25. The zero-order chi connectivity index (χ0) is 15.1. The molecule has 0 saturated carbocycles. The van der Waals surface area contributed by atoms with Crippen molar-refractivity contribution in [2.24, 2.45) is 14.1 Å². The van der Waals surface area contributed by atoms with E-state index in [0.29, 0.717) is 5.92 Å². The summed E-state index contributed by atoms with van der Waals surface area (Å²) < 4.78 is 3.77. The highest BCUT2D eigenvalue weighted by Crippen LogP contribution is 2.31. The molecule has 0 bridgehead atoms. The van der Waals surface area contributed by atoms with E-state index < -0.39 is 0 Å². The molecule has 1 saturated heterocycles. The number of hydrogen-bond donors (Lipinski definition) is 0. The molecule has 1 fully saturated rings. The summed E-state index contributed by atoms with van der Waals surface area (Å²) in [7, 11) is 3.92. The molecule has 114 valence electrons. The molecule has 0 aromatic carbocycles. The minimum absolute atomic E-state index is 0.489. The molecule has 0 unspecified atom stereocenters. The third kappa shape index (κ3) is 2.04. The van der Waals surface area contributed by atoms with Gasteiger partial charge in [0.05, 0.1) is 11.6 Å². The Hall–Kier alpha value is -2.44. The number of anilines is 1. The molecule has 1 aliphatic heterocycles. The number of piperidine rings is 1. The topological polar surface area (TPSA) is 64.7 Å². The maximum atomic E-state index is 4.52. The Morgan fingerprint density at radius 2 is 2.05 bits per heavy atom. The summed E-state index contributed by atoms with van der Waals surface area (Å²) in [5, 5.41) is 9.63. The lowest BCUT2D eigenvalue weighted by Gasteiger charge is -2.33. The molecule has 0 N–H and O–H groups in total. The number of rotatable bonds is 2. The Kier molecular flexibility index (Phi) is 3.06. The molecule has 22 heavy (non-hydrogen) atoms. The third-order valence-electron chi connectivity index (χ3n) is 4.51. The van der Waals surface area contributed by atoms with Crippen LogP contribution in [-0.2, 0) is 14.1 Å². The van der Waals surface area contributed by atoms with Crippen LogP contribution in [0.1, 0.15) is 24.5 Å². The Labute approximate surface area is 128 Å². The second kappa shape index (κ2) is 5.08. The summed E-state index contributed by atoms with van der Waals surface area (Å²) >= 11 is 0.